The summed E-state index contributed by atoms with van der Waals surface area (Å²) in [6, 6.07) is 10.6. The molecule has 1 aromatic heterocycles. The Morgan fingerprint density at radius 2 is 1.84 bits per heavy atom. The maximum atomic E-state index is 12.3. The second-order valence-corrected chi connectivity index (χ2v) is 6.94. The fraction of sp³-hybridized carbons (Fsp3) is 0.350. The lowest BCUT2D eigenvalue weighted by Crippen LogP contribution is -2.43. The average molecular weight is 340 g/mol. The first-order chi connectivity index (χ1) is 11.8. The first-order valence-electron chi connectivity index (χ1n) is 8.19. The van der Waals surface area contributed by atoms with E-state index in [0.717, 1.165) is 5.56 Å². The Balaban J connectivity index is 2.13. The minimum Gasteiger partial charge on any atom is -0.467 e. The predicted octanol–water partition coefficient (Wildman–Crippen LogP) is 2.89. The van der Waals surface area contributed by atoms with Crippen LogP contribution in [0, 0.1) is 0 Å². The van der Waals surface area contributed by atoms with E-state index < -0.39 is 12.0 Å². The molecule has 0 bridgehead atoms. The third-order valence-corrected chi connectivity index (χ3v) is 3.97. The molecule has 1 N–H and O–H groups in total. The largest absolute Gasteiger partial charge is 0.467 e. The van der Waals surface area contributed by atoms with Crippen molar-refractivity contribution in [1.29, 1.82) is 0 Å². The summed E-state index contributed by atoms with van der Waals surface area (Å²) >= 11 is 0. The van der Waals surface area contributed by atoms with Crippen LogP contribution in [0.3, 0.4) is 0 Å². The molecule has 0 saturated carbocycles. The molecule has 2 aromatic rings. The molecule has 1 amide bonds. The standard InChI is InChI=1S/C20H24N2O3/c1-20(2,3)16-9-7-14(8-10-16)12-17(19(24)25-4)22-18(23)15-6-5-11-21-13-15/h5-11,13,17H,12H2,1-4H3,(H,22,23)/t17-/m1/s1. The third-order valence-electron chi connectivity index (χ3n) is 3.97. The number of nitrogens with one attached hydrogen (secondary N) is 1. The molecule has 1 aromatic carbocycles. The van der Waals surface area contributed by atoms with Crippen molar-refractivity contribution in [2.75, 3.05) is 7.11 Å². The number of amides is 1. The number of pyridine rings is 1. The van der Waals surface area contributed by atoms with Gasteiger partial charge in [-0.25, -0.2) is 4.79 Å². The third kappa shape index (κ3) is 5.14. The Labute approximate surface area is 148 Å². The summed E-state index contributed by atoms with van der Waals surface area (Å²) in [6.07, 6.45) is 3.41. The van der Waals surface area contributed by atoms with Crippen LogP contribution in [0.4, 0.5) is 0 Å². The van der Waals surface area contributed by atoms with Crippen LogP contribution in [0.5, 0.6) is 0 Å². The number of hydrogen-bond acceptors (Lipinski definition) is 4. The van der Waals surface area contributed by atoms with E-state index in [-0.39, 0.29) is 11.3 Å². The molecule has 1 heterocycles. The zero-order valence-electron chi connectivity index (χ0n) is 15.1. The molecule has 0 aliphatic heterocycles. The second-order valence-electron chi connectivity index (χ2n) is 6.94. The topological polar surface area (TPSA) is 68.3 Å². The number of hydrogen-bond donors (Lipinski definition) is 1. The molecule has 0 unspecified atom stereocenters. The van der Waals surface area contributed by atoms with E-state index in [4.69, 9.17) is 4.74 Å². The number of rotatable bonds is 5. The lowest BCUT2D eigenvalue weighted by Gasteiger charge is -2.20. The number of carbonyl (C=O) groups is 2. The zero-order valence-corrected chi connectivity index (χ0v) is 15.1. The molecule has 0 spiro atoms. The molecule has 0 saturated heterocycles. The number of nitrogens with zero attached hydrogens (tertiary/aromatic N) is 1. The highest BCUT2D eigenvalue weighted by Crippen LogP contribution is 2.22. The van der Waals surface area contributed by atoms with Crippen LogP contribution in [-0.4, -0.2) is 30.0 Å². The molecule has 132 valence electrons. The summed E-state index contributed by atoms with van der Waals surface area (Å²) in [4.78, 5) is 28.3. The van der Waals surface area contributed by atoms with E-state index >= 15 is 0 Å². The minimum atomic E-state index is -0.752. The van der Waals surface area contributed by atoms with Crippen LogP contribution in [-0.2, 0) is 21.4 Å². The molecule has 5 nitrogen and oxygen atoms in total. The van der Waals surface area contributed by atoms with Crippen LogP contribution in [0.2, 0.25) is 0 Å². The van der Waals surface area contributed by atoms with Gasteiger partial charge in [0, 0.05) is 18.8 Å². The molecule has 0 aliphatic rings. The van der Waals surface area contributed by atoms with Crippen molar-refractivity contribution < 1.29 is 14.3 Å². The molecule has 0 aliphatic carbocycles. The van der Waals surface area contributed by atoms with Crippen LogP contribution < -0.4 is 5.32 Å². The summed E-state index contributed by atoms with van der Waals surface area (Å²) in [5.74, 6) is -0.827. The van der Waals surface area contributed by atoms with Crippen LogP contribution in [0.15, 0.2) is 48.8 Å². The Kier molecular flexibility index (Phi) is 5.91. The van der Waals surface area contributed by atoms with E-state index in [1.165, 1.54) is 18.9 Å². The molecular weight excluding hydrogens is 316 g/mol. The van der Waals surface area contributed by atoms with E-state index in [9.17, 15) is 9.59 Å². The van der Waals surface area contributed by atoms with Gasteiger partial charge in [-0.2, -0.15) is 0 Å². The maximum absolute atomic E-state index is 12.3. The Morgan fingerprint density at radius 3 is 2.36 bits per heavy atom. The van der Waals surface area contributed by atoms with Gasteiger partial charge >= 0.3 is 5.97 Å². The summed E-state index contributed by atoms with van der Waals surface area (Å²) in [5, 5.41) is 2.72. The fourth-order valence-electron chi connectivity index (χ4n) is 2.45. The molecule has 0 radical (unpaired) electrons. The lowest BCUT2D eigenvalue weighted by molar-refractivity contribution is -0.142. The Morgan fingerprint density at radius 1 is 1.16 bits per heavy atom. The molecule has 5 heteroatoms. The highest BCUT2D eigenvalue weighted by molar-refractivity contribution is 5.96. The SMILES string of the molecule is COC(=O)[C@@H](Cc1ccc(C(C)(C)C)cc1)NC(=O)c1cccnc1. The molecule has 0 fully saturated rings. The monoisotopic (exact) mass is 340 g/mol. The molecule has 25 heavy (non-hydrogen) atoms. The van der Waals surface area contributed by atoms with Gasteiger partial charge in [0.2, 0.25) is 0 Å². The maximum Gasteiger partial charge on any atom is 0.328 e. The summed E-state index contributed by atoms with van der Waals surface area (Å²) < 4.78 is 4.83. The first-order valence-corrected chi connectivity index (χ1v) is 8.19. The number of esters is 1. The van der Waals surface area contributed by atoms with Gasteiger partial charge in [0.25, 0.3) is 5.91 Å². The summed E-state index contributed by atoms with van der Waals surface area (Å²) in [5.41, 5.74) is 2.63. The summed E-state index contributed by atoms with van der Waals surface area (Å²) in [7, 11) is 1.31. The second kappa shape index (κ2) is 7.92. The van der Waals surface area contributed by atoms with Crippen LogP contribution in [0.1, 0.15) is 42.3 Å². The quantitative estimate of drug-likeness (QED) is 0.850. The number of benzene rings is 1. The van der Waals surface area contributed by atoms with Gasteiger partial charge in [0.1, 0.15) is 6.04 Å². The van der Waals surface area contributed by atoms with E-state index in [2.05, 4.69) is 31.1 Å². The van der Waals surface area contributed by atoms with E-state index in [1.54, 1.807) is 18.3 Å². The normalized spacial score (nSPS) is 12.3. The van der Waals surface area contributed by atoms with Crippen molar-refractivity contribution in [2.45, 2.75) is 38.6 Å². The smallest absolute Gasteiger partial charge is 0.328 e. The fourth-order valence-corrected chi connectivity index (χ4v) is 2.45. The van der Waals surface area contributed by atoms with Crippen molar-refractivity contribution in [2.24, 2.45) is 0 Å². The highest BCUT2D eigenvalue weighted by Gasteiger charge is 2.23. The molecule has 1 atom stereocenters. The van der Waals surface area contributed by atoms with Gasteiger partial charge in [-0.3, -0.25) is 9.78 Å². The van der Waals surface area contributed by atoms with E-state index in [0.29, 0.717) is 12.0 Å². The first kappa shape index (κ1) is 18.6. The number of methoxy groups -OCH3 is 1. The molecule has 2 rings (SSSR count). The summed E-state index contributed by atoms with van der Waals surface area (Å²) in [6.45, 7) is 6.44. The van der Waals surface area contributed by atoms with Crippen molar-refractivity contribution in [3.63, 3.8) is 0 Å². The van der Waals surface area contributed by atoms with Gasteiger partial charge < -0.3 is 10.1 Å². The van der Waals surface area contributed by atoms with Crippen LogP contribution >= 0.6 is 0 Å². The highest BCUT2D eigenvalue weighted by atomic mass is 16.5. The van der Waals surface area contributed by atoms with Crippen LogP contribution in [0.25, 0.3) is 0 Å². The van der Waals surface area contributed by atoms with Crippen molar-refractivity contribution in [1.82, 2.24) is 10.3 Å². The molecular formula is C20H24N2O3. The van der Waals surface area contributed by atoms with Gasteiger partial charge in [0.15, 0.2) is 0 Å². The average Bonchev–Trinajstić information content (AvgIpc) is 2.60. The lowest BCUT2D eigenvalue weighted by atomic mass is 9.86. The Hall–Kier alpha value is -2.69. The predicted molar refractivity (Wildman–Crippen MR) is 96.4 cm³/mol. The minimum absolute atomic E-state index is 0.0643. The van der Waals surface area contributed by atoms with Gasteiger partial charge in [-0.1, -0.05) is 45.0 Å². The van der Waals surface area contributed by atoms with Crippen molar-refractivity contribution in [3.8, 4) is 0 Å². The van der Waals surface area contributed by atoms with Crippen molar-refractivity contribution in [3.05, 3.63) is 65.5 Å². The number of aromatic nitrogens is 1. The van der Waals surface area contributed by atoms with Gasteiger partial charge in [-0.05, 0) is 28.7 Å². The number of carbonyl (C=O) groups excluding carboxylic acids is 2. The Bertz CT molecular complexity index is 719. The van der Waals surface area contributed by atoms with E-state index in [1.807, 2.05) is 24.3 Å². The number of ether oxygens (including phenoxy) is 1. The zero-order chi connectivity index (χ0) is 18.4. The van der Waals surface area contributed by atoms with Gasteiger partial charge in [0.05, 0.1) is 12.7 Å². The van der Waals surface area contributed by atoms with Crippen molar-refractivity contribution >= 4 is 11.9 Å². The van der Waals surface area contributed by atoms with Gasteiger partial charge in [-0.15, -0.1) is 0 Å².